The third-order valence-electron chi connectivity index (χ3n) is 2.25. The van der Waals surface area contributed by atoms with Crippen molar-refractivity contribution in [1.82, 2.24) is 5.32 Å². The van der Waals surface area contributed by atoms with Crippen LogP contribution in [0.2, 0.25) is 0 Å². The van der Waals surface area contributed by atoms with E-state index < -0.39 is 0 Å². The third-order valence-corrected chi connectivity index (χ3v) is 2.98. The Hall–Kier alpha value is -0.830. The molecule has 1 rings (SSSR count). The van der Waals surface area contributed by atoms with E-state index in [1.165, 1.54) is 0 Å². The van der Waals surface area contributed by atoms with Crippen LogP contribution < -0.4 is 5.32 Å². The van der Waals surface area contributed by atoms with Gasteiger partial charge < -0.3 is 5.32 Å². The molecule has 0 aliphatic rings. The number of amides is 1. The summed E-state index contributed by atoms with van der Waals surface area (Å²) >= 11 is 3.47. The molecule has 0 aromatic heterocycles. The Balaban J connectivity index is 2.73. The van der Waals surface area contributed by atoms with Crippen molar-refractivity contribution in [2.24, 2.45) is 5.92 Å². The summed E-state index contributed by atoms with van der Waals surface area (Å²) < 4.78 is 1.03. The molecule has 1 amide bonds. The Morgan fingerprint density at radius 1 is 1.27 bits per heavy atom. The molecule has 0 spiro atoms. The van der Waals surface area contributed by atoms with Crippen LogP contribution in [-0.2, 0) is 4.79 Å². The third kappa shape index (κ3) is 3.34. The van der Waals surface area contributed by atoms with Crippen LogP contribution in [0.15, 0.2) is 28.7 Å². The monoisotopic (exact) mass is 269 g/mol. The lowest BCUT2D eigenvalue weighted by Crippen LogP contribution is -2.30. The molecule has 82 valence electrons. The molecule has 0 saturated carbocycles. The summed E-state index contributed by atoms with van der Waals surface area (Å²) in [6.07, 6.45) is 0. The summed E-state index contributed by atoms with van der Waals surface area (Å²) in [6, 6.07) is 7.96. The molecular formula is C12H16BrNO. The van der Waals surface area contributed by atoms with E-state index in [-0.39, 0.29) is 17.9 Å². The van der Waals surface area contributed by atoms with E-state index in [0.717, 1.165) is 10.0 Å². The number of benzene rings is 1. The van der Waals surface area contributed by atoms with Gasteiger partial charge >= 0.3 is 0 Å². The summed E-state index contributed by atoms with van der Waals surface area (Å²) in [5.41, 5.74) is 1.10. The van der Waals surface area contributed by atoms with Crippen molar-refractivity contribution in [3.63, 3.8) is 0 Å². The van der Waals surface area contributed by atoms with Gasteiger partial charge in [0.1, 0.15) is 0 Å². The van der Waals surface area contributed by atoms with Crippen molar-refractivity contribution >= 4 is 21.8 Å². The highest BCUT2D eigenvalue weighted by Gasteiger charge is 2.13. The van der Waals surface area contributed by atoms with Gasteiger partial charge in [-0.25, -0.2) is 0 Å². The Morgan fingerprint density at radius 3 is 2.40 bits per heavy atom. The van der Waals surface area contributed by atoms with Crippen LogP contribution in [0.1, 0.15) is 32.4 Å². The van der Waals surface area contributed by atoms with E-state index in [1.807, 2.05) is 45.0 Å². The van der Waals surface area contributed by atoms with Gasteiger partial charge in [0, 0.05) is 10.4 Å². The normalized spacial score (nSPS) is 12.6. The van der Waals surface area contributed by atoms with Gasteiger partial charge in [0.2, 0.25) is 5.91 Å². The number of nitrogens with one attached hydrogen (secondary N) is 1. The molecule has 2 nitrogen and oxygen atoms in total. The first-order valence-electron chi connectivity index (χ1n) is 5.07. The minimum atomic E-state index is 0.0231. The maximum atomic E-state index is 11.5. The predicted molar refractivity (Wildman–Crippen MR) is 65.5 cm³/mol. The molecule has 0 fully saturated rings. The van der Waals surface area contributed by atoms with Crippen molar-refractivity contribution in [2.75, 3.05) is 0 Å². The predicted octanol–water partition coefficient (Wildman–Crippen LogP) is 3.28. The van der Waals surface area contributed by atoms with Gasteiger partial charge in [0.25, 0.3) is 0 Å². The van der Waals surface area contributed by atoms with Crippen LogP contribution in [0.25, 0.3) is 0 Å². The topological polar surface area (TPSA) is 29.1 Å². The maximum Gasteiger partial charge on any atom is 0.223 e. The maximum absolute atomic E-state index is 11.5. The fourth-order valence-corrected chi connectivity index (χ4v) is 1.91. The molecule has 1 atom stereocenters. The van der Waals surface area contributed by atoms with Crippen molar-refractivity contribution in [1.29, 1.82) is 0 Å². The molecule has 0 heterocycles. The molecule has 3 heteroatoms. The van der Waals surface area contributed by atoms with Crippen LogP contribution in [0.5, 0.6) is 0 Å². The van der Waals surface area contributed by atoms with E-state index in [9.17, 15) is 4.79 Å². The van der Waals surface area contributed by atoms with Crippen molar-refractivity contribution in [3.05, 3.63) is 34.3 Å². The highest BCUT2D eigenvalue weighted by Crippen LogP contribution is 2.22. The standard InChI is InChI=1S/C12H16BrNO/c1-8(2)12(15)14-9(3)10-6-4-5-7-11(10)13/h4-9H,1-3H3,(H,14,15)/t9-/m1/s1. The molecule has 0 saturated heterocycles. The molecule has 1 N–H and O–H groups in total. The number of halogens is 1. The van der Waals surface area contributed by atoms with Crippen LogP contribution in [-0.4, -0.2) is 5.91 Å². The molecule has 0 bridgehead atoms. The van der Waals surface area contributed by atoms with Gasteiger partial charge in [0.05, 0.1) is 6.04 Å². The first-order valence-corrected chi connectivity index (χ1v) is 5.86. The van der Waals surface area contributed by atoms with Crippen molar-refractivity contribution in [3.8, 4) is 0 Å². The summed E-state index contributed by atoms with van der Waals surface area (Å²) in [7, 11) is 0. The minimum Gasteiger partial charge on any atom is -0.349 e. The smallest absolute Gasteiger partial charge is 0.223 e. The number of carbonyl (C=O) groups is 1. The van der Waals surface area contributed by atoms with Gasteiger partial charge in [-0.05, 0) is 18.6 Å². The van der Waals surface area contributed by atoms with E-state index in [0.29, 0.717) is 0 Å². The first-order chi connectivity index (χ1) is 7.02. The lowest BCUT2D eigenvalue weighted by atomic mass is 10.1. The summed E-state index contributed by atoms with van der Waals surface area (Å²) in [6.45, 7) is 5.77. The summed E-state index contributed by atoms with van der Waals surface area (Å²) in [5.74, 6) is 0.105. The molecule has 0 unspecified atom stereocenters. The van der Waals surface area contributed by atoms with Gasteiger partial charge in [-0.15, -0.1) is 0 Å². The Kier molecular flexibility index (Phi) is 4.33. The molecule has 0 aliphatic heterocycles. The molecule has 1 aromatic carbocycles. The zero-order chi connectivity index (χ0) is 11.4. The van der Waals surface area contributed by atoms with Crippen LogP contribution in [0, 0.1) is 5.92 Å². The largest absolute Gasteiger partial charge is 0.349 e. The van der Waals surface area contributed by atoms with Gasteiger partial charge in [-0.2, -0.15) is 0 Å². The summed E-state index contributed by atoms with van der Waals surface area (Å²) in [4.78, 5) is 11.5. The van der Waals surface area contributed by atoms with Gasteiger partial charge in [-0.3, -0.25) is 4.79 Å². The number of hydrogen-bond acceptors (Lipinski definition) is 1. The van der Waals surface area contributed by atoms with E-state index in [2.05, 4.69) is 21.2 Å². The number of carbonyl (C=O) groups excluding carboxylic acids is 1. The molecule has 1 aromatic rings. The lowest BCUT2D eigenvalue weighted by molar-refractivity contribution is -0.124. The van der Waals surface area contributed by atoms with E-state index in [1.54, 1.807) is 0 Å². The van der Waals surface area contributed by atoms with E-state index >= 15 is 0 Å². The Bertz CT molecular complexity index is 349. The average molecular weight is 270 g/mol. The van der Waals surface area contributed by atoms with Gasteiger partial charge in [-0.1, -0.05) is 48.0 Å². The molecule has 0 radical (unpaired) electrons. The van der Waals surface area contributed by atoms with Gasteiger partial charge in [0.15, 0.2) is 0 Å². The fraction of sp³-hybridized carbons (Fsp3) is 0.417. The first kappa shape index (κ1) is 12.2. The SMILES string of the molecule is CC(C)C(=O)N[C@H](C)c1ccccc1Br. The lowest BCUT2D eigenvalue weighted by Gasteiger charge is -2.17. The second-order valence-electron chi connectivity index (χ2n) is 3.91. The van der Waals surface area contributed by atoms with Crippen LogP contribution in [0.4, 0.5) is 0 Å². The highest BCUT2D eigenvalue weighted by molar-refractivity contribution is 9.10. The number of hydrogen-bond donors (Lipinski definition) is 1. The van der Waals surface area contributed by atoms with Crippen molar-refractivity contribution in [2.45, 2.75) is 26.8 Å². The number of rotatable bonds is 3. The quantitative estimate of drug-likeness (QED) is 0.897. The molecular weight excluding hydrogens is 254 g/mol. The molecule has 0 aliphatic carbocycles. The molecule has 15 heavy (non-hydrogen) atoms. The average Bonchev–Trinajstić information content (AvgIpc) is 2.18. The zero-order valence-electron chi connectivity index (χ0n) is 9.25. The zero-order valence-corrected chi connectivity index (χ0v) is 10.8. The Labute approximate surface area is 99.2 Å². The van der Waals surface area contributed by atoms with Crippen LogP contribution in [0.3, 0.4) is 0 Å². The second-order valence-corrected chi connectivity index (χ2v) is 4.76. The fourth-order valence-electron chi connectivity index (χ4n) is 1.28. The second kappa shape index (κ2) is 5.31. The highest BCUT2D eigenvalue weighted by atomic mass is 79.9. The van der Waals surface area contributed by atoms with Crippen LogP contribution >= 0.6 is 15.9 Å². The van der Waals surface area contributed by atoms with E-state index in [4.69, 9.17) is 0 Å². The summed E-state index contributed by atoms with van der Waals surface area (Å²) in [5, 5.41) is 2.97. The minimum absolute atomic E-state index is 0.0231. The van der Waals surface area contributed by atoms with Crippen molar-refractivity contribution < 1.29 is 4.79 Å². The Morgan fingerprint density at radius 2 is 1.87 bits per heavy atom.